The van der Waals surface area contributed by atoms with Crippen molar-refractivity contribution < 1.29 is 9.53 Å². The Hall–Kier alpha value is -1.20. The second-order valence-corrected chi connectivity index (χ2v) is 4.29. The Morgan fingerprint density at radius 3 is 3.00 bits per heavy atom. The van der Waals surface area contributed by atoms with Crippen LogP contribution in [0.3, 0.4) is 0 Å². The second-order valence-electron chi connectivity index (χ2n) is 3.94. The summed E-state index contributed by atoms with van der Waals surface area (Å²) in [5, 5.41) is 2.83. The molecule has 0 aliphatic carbocycles. The molecule has 0 spiro atoms. The molecule has 0 radical (unpaired) electrons. The van der Waals surface area contributed by atoms with E-state index in [1.54, 1.807) is 0 Å². The maximum absolute atomic E-state index is 11.7. The zero-order valence-corrected chi connectivity index (χ0v) is 10.1. The number of amides is 1. The van der Waals surface area contributed by atoms with Gasteiger partial charge in [0.2, 0.25) is 5.91 Å². The molecule has 2 rings (SSSR count). The zero-order chi connectivity index (χ0) is 12.1. The molecule has 1 atom stereocenters. The summed E-state index contributed by atoms with van der Waals surface area (Å²) in [6.07, 6.45) is 6.44. The third-order valence-electron chi connectivity index (χ3n) is 2.60. The lowest BCUT2D eigenvalue weighted by atomic mass is 10.1. The van der Waals surface area contributed by atoms with E-state index in [2.05, 4.69) is 15.3 Å². The van der Waals surface area contributed by atoms with E-state index >= 15 is 0 Å². The van der Waals surface area contributed by atoms with Crippen LogP contribution >= 0.6 is 11.6 Å². The van der Waals surface area contributed by atoms with Gasteiger partial charge >= 0.3 is 0 Å². The Bertz CT molecular complexity index is 394. The third-order valence-corrected chi connectivity index (χ3v) is 2.88. The Kier molecular flexibility index (Phi) is 4.28. The highest BCUT2D eigenvalue weighted by Crippen LogP contribution is 2.18. The second kappa shape index (κ2) is 5.93. The van der Waals surface area contributed by atoms with Gasteiger partial charge in [0.15, 0.2) is 11.0 Å². The molecule has 0 saturated carbocycles. The number of hydrogen-bond acceptors (Lipinski definition) is 4. The average molecular weight is 256 g/mol. The third kappa shape index (κ3) is 3.64. The number of nitrogens with zero attached hydrogens (tertiary/aromatic N) is 2. The van der Waals surface area contributed by atoms with Crippen molar-refractivity contribution in [2.24, 2.45) is 0 Å². The highest BCUT2D eigenvalue weighted by molar-refractivity contribution is 6.32. The summed E-state index contributed by atoms with van der Waals surface area (Å²) in [5.41, 5.74) is 0. The van der Waals surface area contributed by atoms with E-state index in [9.17, 15) is 4.79 Å². The van der Waals surface area contributed by atoms with Crippen molar-refractivity contribution in [1.82, 2.24) is 9.97 Å². The number of carbonyl (C=O) groups excluding carboxylic acids is 1. The average Bonchev–Trinajstić information content (AvgIpc) is 2.33. The van der Waals surface area contributed by atoms with Crippen LogP contribution in [-0.2, 0) is 9.53 Å². The predicted octanol–water partition coefficient (Wildman–Crippen LogP) is 2.03. The molecule has 1 fully saturated rings. The molecule has 1 aliphatic rings. The summed E-state index contributed by atoms with van der Waals surface area (Å²) in [6.45, 7) is 0.740. The van der Waals surface area contributed by atoms with Crippen molar-refractivity contribution >= 4 is 23.3 Å². The van der Waals surface area contributed by atoms with Crippen LogP contribution in [-0.4, -0.2) is 28.6 Å². The maximum atomic E-state index is 11.7. The molecule has 2 heterocycles. The normalized spacial score (nSPS) is 19.9. The minimum absolute atomic E-state index is 0.0131. The van der Waals surface area contributed by atoms with E-state index in [0.717, 1.165) is 25.9 Å². The van der Waals surface area contributed by atoms with Crippen molar-refractivity contribution in [2.75, 3.05) is 11.9 Å². The zero-order valence-electron chi connectivity index (χ0n) is 9.36. The highest BCUT2D eigenvalue weighted by Gasteiger charge is 2.18. The topological polar surface area (TPSA) is 64.1 Å². The molecule has 17 heavy (non-hydrogen) atoms. The summed E-state index contributed by atoms with van der Waals surface area (Å²) in [6, 6.07) is 0. The lowest BCUT2D eigenvalue weighted by Crippen LogP contribution is -2.26. The summed E-state index contributed by atoms with van der Waals surface area (Å²) < 4.78 is 5.49. The van der Waals surface area contributed by atoms with Gasteiger partial charge in [0.05, 0.1) is 12.5 Å². The van der Waals surface area contributed by atoms with Crippen LogP contribution in [0.2, 0.25) is 5.15 Å². The number of halogens is 1. The first-order chi connectivity index (χ1) is 8.25. The molecule has 1 N–H and O–H groups in total. The van der Waals surface area contributed by atoms with Crippen molar-refractivity contribution in [3.8, 4) is 0 Å². The highest BCUT2D eigenvalue weighted by atomic mass is 35.5. The van der Waals surface area contributed by atoms with Gasteiger partial charge in [-0.1, -0.05) is 11.6 Å². The molecule has 0 bridgehead atoms. The van der Waals surface area contributed by atoms with E-state index in [1.807, 2.05) is 0 Å². The molecule has 6 heteroatoms. The van der Waals surface area contributed by atoms with Gasteiger partial charge in [0, 0.05) is 19.0 Å². The Labute approximate surface area is 105 Å². The molecular formula is C11H14ClN3O2. The number of aromatic nitrogens is 2. The molecule has 92 valence electrons. The fourth-order valence-electron chi connectivity index (χ4n) is 1.76. The summed E-state index contributed by atoms with van der Waals surface area (Å²) in [7, 11) is 0. The van der Waals surface area contributed by atoms with Crippen molar-refractivity contribution in [3.05, 3.63) is 17.5 Å². The lowest BCUT2D eigenvalue weighted by molar-refractivity contribution is -0.119. The molecule has 1 aliphatic heterocycles. The van der Waals surface area contributed by atoms with Gasteiger partial charge in [-0.3, -0.25) is 4.79 Å². The van der Waals surface area contributed by atoms with E-state index in [0.29, 0.717) is 12.2 Å². The first-order valence-corrected chi connectivity index (χ1v) is 6.01. The Morgan fingerprint density at radius 2 is 2.29 bits per heavy atom. The smallest absolute Gasteiger partial charge is 0.228 e. The quantitative estimate of drug-likeness (QED) is 0.898. The minimum Gasteiger partial charge on any atom is -0.378 e. The summed E-state index contributed by atoms with van der Waals surface area (Å²) >= 11 is 5.79. The van der Waals surface area contributed by atoms with Crippen LogP contribution in [0.1, 0.15) is 25.7 Å². The Balaban J connectivity index is 1.86. The first-order valence-electron chi connectivity index (χ1n) is 5.63. The standard InChI is InChI=1S/C11H14ClN3O2/c12-10-11(14-5-4-13-10)15-9(16)7-8-3-1-2-6-17-8/h4-5,8H,1-3,6-7H2,(H,14,15,16). The van der Waals surface area contributed by atoms with E-state index < -0.39 is 0 Å². The van der Waals surface area contributed by atoms with E-state index in [-0.39, 0.29) is 17.2 Å². The minimum atomic E-state index is -0.140. The van der Waals surface area contributed by atoms with Gasteiger partial charge in [-0.25, -0.2) is 9.97 Å². The van der Waals surface area contributed by atoms with Crippen LogP contribution < -0.4 is 5.32 Å². The van der Waals surface area contributed by atoms with Crippen molar-refractivity contribution in [3.63, 3.8) is 0 Å². The van der Waals surface area contributed by atoms with Crippen LogP contribution in [0.5, 0.6) is 0 Å². The number of anilines is 1. The van der Waals surface area contributed by atoms with Crippen LogP contribution in [0, 0.1) is 0 Å². The molecule has 1 amide bonds. The van der Waals surface area contributed by atoms with E-state index in [1.165, 1.54) is 12.4 Å². The number of nitrogens with one attached hydrogen (secondary N) is 1. The van der Waals surface area contributed by atoms with Crippen LogP contribution in [0.25, 0.3) is 0 Å². The van der Waals surface area contributed by atoms with Gasteiger partial charge < -0.3 is 10.1 Å². The molecule has 1 aromatic heterocycles. The number of hydrogen-bond donors (Lipinski definition) is 1. The molecule has 0 aromatic carbocycles. The first kappa shape index (κ1) is 12.3. The largest absolute Gasteiger partial charge is 0.378 e. The molecular weight excluding hydrogens is 242 g/mol. The molecule has 1 aromatic rings. The molecule has 5 nitrogen and oxygen atoms in total. The van der Waals surface area contributed by atoms with Crippen molar-refractivity contribution in [1.29, 1.82) is 0 Å². The molecule has 1 unspecified atom stereocenters. The number of ether oxygens (including phenoxy) is 1. The molecule has 1 saturated heterocycles. The fraction of sp³-hybridized carbons (Fsp3) is 0.545. The van der Waals surface area contributed by atoms with Gasteiger partial charge in [-0.05, 0) is 19.3 Å². The maximum Gasteiger partial charge on any atom is 0.228 e. The van der Waals surface area contributed by atoms with Gasteiger partial charge in [-0.15, -0.1) is 0 Å². The van der Waals surface area contributed by atoms with Gasteiger partial charge in [0.25, 0.3) is 0 Å². The van der Waals surface area contributed by atoms with Crippen molar-refractivity contribution in [2.45, 2.75) is 31.8 Å². The monoisotopic (exact) mass is 255 g/mol. The van der Waals surface area contributed by atoms with E-state index in [4.69, 9.17) is 16.3 Å². The lowest BCUT2D eigenvalue weighted by Gasteiger charge is -2.21. The number of carbonyl (C=O) groups is 1. The predicted molar refractivity (Wildman–Crippen MR) is 63.9 cm³/mol. The summed E-state index contributed by atoms with van der Waals surface area (Å²) in [5.74, 6) is 0.161. The Morgan fingerprint density at radius 1 is 1.47 bits per heavy atom. The van der Waals surface area contributed by atoms with Gasteiger partial charge in [-0.2, -0.15) is 0 Å². The number of rotatable bonds is 3. The van der Waals surface area contributed by atoms with Crippen LogP contribution in [0.15, 0.2) is 12.4 Å². The van der Waals surface area contributed by atoms with Crippen LogP contribution in [0.4, 0.5) is 5.82 Å². The summed E-state index contributed by atoms with van der Waals surface area (Å²) in [4.78, 5) is 19.5. The SMILES string of the molecule is O=C(CC1CCCCO1)Nc1nccnc1Cl. The van der Waals surface area contributed by atoms with Gasteiger partial charge in [0.1, 0.15) is 0 Å². The fourth-order valence-corrected chi connectivity index (χ4v) is 1.92.